The van der Waals surface area contributed by atoms with Crippen molar-refractivity contribution >= 4 is 63.5 Å². The highest BCUT2D eigenvalue weighted by molar-refractivity contribution is 8.27. The molecule has 30 heavy (non-hydrogen) atoms. The third kappa shape index (κ3) is 4.95. The Bertz CT molecular complexity index is 1010. The van der Waals surface area contributed by atoms with E-state index in [9.17, 15) is 9.59 Å². The van der Waals surface area contributed by atoms with Gasteiger partial charge in [0.05, 0.1) is 29.3 Å². The summed E-state index contributed by atoms with van der Waals surface area (Å²) in [6.07, 6.45) is 1.69. The monoisotopic (exact) mass is 463 g/mol. The van der Waals surface area contributed by atoms with Crippen LogP contribution < -0.4 is 14.4 Å². The van der Waals surface area contributed by atoms with Gasteiger partial charge in [-0.1, -0.05) is 53.8 Å². The van der Waals surface area contributed by atoms with Crippen molar-refractivity contribution < 1.29 is 23.8 Å². The van der Waals surface area contributed by atoms with Crippen molar-refractivity contribution in [2.45, 2.75) is 6.92 Å². The molecule has 6 nitrogen and oxygen atoms in total. The second-order valence-corrected chi connectivity index (χ2v) is 8.06. The number of carbonyl (C=O) groups is 2. The minimum absolute atomic E-state index is 0.214. The molecule has 3 rings (SSSR count). The smallest absolute Gasteiger partial charge is 0.344 e. The maximum Gasteiger partial charge on any atom is 0.344 e. The minimum atomic E-state index is -0.510. The van der Waals surface area contributed by atoms with Gasteiger partial charge in [-0.3, -0.25) is 9.69 Å². The van der Waals surface area contributed by atoms with Gasteiger partial charge in [0.2, 0.25) is 0 Å². The number of para-hydroxylation sites is 1. The summed E-state index contributed by atoms with van der Waals surface area (Å²) in [5.74, 6) is -0.170. The van der Waals surface area contributed by atoms with E-state index >= 15 is 0 Å². The van der Waals surface area contributed by atoms with E-state index in [1.54, 1.807) is 25.1 Å². The van der Waals surface area contributed by atoms with Gasteiger partial charge >= 0.3 is 5.97 Å². The fourth-order valence-corrected chi connectivity index (χ4v) is 4.29. The van der Waals surface area contributed by atoms with Crippen LogP contribution in [0.2, 0.25) is 5.02 Å². The number of hydrogen-bond donors (Lipinski definition) is 0. The van der Waals surface area contributed by atoms with E-state index in [4.69, 9.17) is 38.0 Å². The summed E-state index contributed by atoms with van der Waals surface area (Å²) >= 11 is 12.9. The van der Waals surface area contributed by atoms with Crippen molar-refractivity contribution in [3.05, 3.63) is 58.0 Å². The van der Waals surface area contributed by atoms with Gasteiger partial charge in [-0.2, -0.15) is 0 Å². The van der Waals surface area contributed by atoms with Crippen molar-refractivity contribution in [1.29, 1.82) is 0 Å². The van der Waals surface area contributed by atoms with Gasteiger partial charge in [0, 0.05) is 0 Å². The molecule has 1 amide bonds. The number of carbonyl (C=O) groups excluding carboxylic acids is 2. The summed E-state index contributed by atoms with van der Waals surface area (Å²) < 4.78 is 16.1. The van der Waals surface area contributed by atoms with E-state index < -0.39 is 5.97 Å². The second kappa shape index (κ2) is 9.97. The molecule has 2 aromatic rings. The predicted octanol–water partition coefficient (Wildman–Crippen LogP) is 4.70. The molecule has 0 aliphatic carbocycles. The maximum atomic E-state index is 12.9. The van der Waals surface area contributed by atoms with E-state index in [2.05, 4.69) is 0 Å². The zero-order valence-electron chi connectivity index (χ0n) is 16.2. The van der Waals surface area contributed by atoms with Gasteiger partial charge in [-0.15, -0.1) is 0 Å². The number of methoxy groups -OCH3 is 1. The Hall–Kier alpha value is -2.55. The highest BCUT2D eigenvalue weighted by Gasteiger charge is 2.33. The minimum Gasteiger partial charge on any atom is -0.493 e. The number of esters is 1. The van der Waals surface area contributed by atoms with Crippen LogP contribution in [0.4, 0.5) is 5.69 Å². The first-order valence-corrected chi connectivity index (χ1v) is 10.5. The van der Waals surface area contributed by atoms with Crippen LogP contribution in [0.25, 0.3) is 6.08 Å². The Labute approximate surface area is 188 Å². The molecule has 1 saturated heterocycles. The first-order valence-electron chi connectivity index (χ1n) is 8.93. The number of ether oxygens (including phenoxy) is 3. The van der Waals surface area contributed by atoms with E-state index in [-0.39, 0.29) is 29.9 Å². The van der Waals surface area contributed by atoms with Gasteiger partial charge in [-0.25, -0.2) is 4.79 Å². The molecule has 2 aromatic carbocycles. The zero-order valence-corrected chi connectivity index (χ0v) is 18.6. The van der Waals surface area contributed by atoms with Crippen LogP contribution >= 0.6 is 35.6 Å². The highest BCUT2D eigenvalue weighted by atomic mass is 35.5. The number of anilines is 1. The number of hydrogen-bond acceptors (Lipinski definition) is 7. The highest BCUT2D eigenvalue weighted by Crippen LogP contribution is 2.40. The van der Waals surface area contributed by atoms with E-state index in [0.717, 1.165) is 0 Å². The molecule has 1 fully saturated rings. The molecule has 1 aliphatic heterocycles. The molecule has 0 N–H and O–H groups in total. The van der Waals surface area contributed by atoms with Gasteiger partial charge in [-0.05, 0) is 42.8 Å². The number of nitrogens with zero attached hydrogens (tertiary/aromatic N) is 1. The zero-order chi connectivity index (χ0) is 21.7. The van der Waals surface area contributed by atoms with E-state index in [1.807, 2.05) is 30.3 Å². The molecule has 0 saturated carbocycles. The summed E-state index contributed by atoms with van der Waals surface area (Å²) in [6.45, 7) is 1.67. The molecule has 1 aliphatic rings. The van der Waals surface area contributed by atoms with Crippen LogP contribution in [0.1, 0.15) is 12.5 Å². The van der Waals surface area contributed by atoms with Crippen molar-refractivity contribution in [2.24, 2.45) is 0 Å². The Kier molecular flexibility index (Phi) is 7.36. The van der Waals surface area contributed by atoms with Crippen LogP contribution in [0.15, 0.2) is 47.4 Å². The summed E-state index contributed by atoms with van der Waals surface area (Å²) in [6, 6.07) is 12.5. The average molecular weight is 464 g/mol. The molecule has 9 heteroatoms. The number of amides is 1. The van der Waals surface area contributed by atoms with Crippen LogP contribution in [0.5, 0.6) is 11.5 Å². The van der Waals surface area contributed by atoms with Gasteiger partial charge < -0.3 is 14.2 Å². The Balaban J connectivity index is 1.85. The summed E-state index contributed by atoms with van der Waals surface area (Å²) in [7, 11) is 1.46. The second-order valence-electron chi connectivity index (χ2n) is 5.98. The third-order valence-electron chi connectivity index (χ3n) is 4.00. The number of thiocarbonyl (C=S) groups is 1. The number of halogens is 1. The van der Waals surface area contributed by atoms with Gasteiger partial charge in [0.25, 0.3) is 5.91 Å². The first-order chi connectivity index (χ1) is 14.4. The summed E-state index contributed by atoms with van der Waals surface area (Å²) in [5, 5.41) is 0.239. The first kappa shape index (κ1) is 22.1. The molecule has 0 aromatic heterocycles. The molecular weight excluding hydrogens is 446 g/mol. The number of rotatable bonds is 7. The molecule has 0 bridgehead atoms. The molecule has 0 spiro atoms. The van der Waals surface area contributed by atoms with Crippen molar-refractivity contribution in [2.75, 3.05) is 25.2 Å². The summed E-state index contributed by atoms with van der Waals surface area (Å²) in [5.41, 5.74) is 1.34. The number of thioether (sulfide) groups is 1. The molecule has 0 unspecified atom stereocenters. The van der Waals surface area contributed by atoms with Crippen LogP contribution in [0.3, 0.4) is 0 Å². The lowest BCUT2D eigenvalue weighted by molar-refractivity contribution is -0.145. The average Bonchev–Trinajstić information content (AvgIpc) is 3.00. The quantitative estimate of drug-likeness (QED) is 0.335. The van der Waals surface area contributed by atoms with E-state index in [0.29, 0.717) is 26.2 Å². The Morgan fingerprint density at radius 3 is 2.67 bits per heavy atom. The van der Waals surface area contributed by atoms with Crippen LogP contribution in [0, 0.1) is 0 Å². The molecule has 0 radical (unpaired) electrons. The van der Waals surface area contributed by atoms with Crippen LogP contribution in [-0.2, 0) is 14.3 Å². The SMILES string of the molecule is CCOC(=O)COc1c(Cl)cc(/C=C2/SC(=S)N(c3ccccc3)C2=O)cc1OC. The Morgan fingerprint density at radius 2 is 2.00 bits per heavy atom. The topological polar surface area (TPSA) is 65.1 Å². The molecule has 0 atom stereocenters. The lowest BCUT2D eigenvalue weighted by atomic mass is 10.1. The third-order valence-corrected chi connectivity index (χ3v) is 5.58. The van der Waals surface area contributed by atoms with Crippen molar-refractivity contribution in [3.8, 4) is 11.5 Å². The molecule has 1 heterocycles. The van der Waals surface area contributed by atoms with Gasteiger partial charge in [0.1, 0.15) is 0 Å². The van der Waals surface area contributed by atoms with Crippen molar-refractivity contribution in [3.63, 3.8) is 0 Å². The Morgan fingerprint density at radius 1 is 1.27 bits per heavy atom. The predicted molar refractivity (Wildman–Crippen MR) is 122 cm³/mol. The molecule has 156 valence electrons. The van der Waals surface area contributed by atoms with Gasteiger partial charge in [0.15, 0.2) is 22.4 Å². The largest absolute Gasteiger partial charge is 0.493 e. The van der Waals surface area contributed by atoms with E-state index in [1.165, 1.54) is 23.8 Å². The standard InChI is InChI=1S/C21H18ClNO5S2/c1-3-27-18(24)12-28-19-15(22)9-13(10-16(19)26-2)11-17-20(25)23(21(29)30-17)14-7-5-4-6-8-14/h4-11H,3,12H2,1-2H3/b17-11+. The fourth-order valence-electron chi connectivity index (χ4n) is 2.72. The fraction of sp³-hybridized carbons (Fsp3) is 0.190. The summed E-state index contributed by atoms with van der Waals surface area (Å²) in [4.78, 5) is 26.4. The normalized spacial score (nSPS) is 14.9. The van der Waals surface area contributed by atoms with Crippen molar-refractivity contribution in [1.82, 2.24) is 0 Å². The maximum absolute atomic E-state index is 12.9. The molecular formula is C21H18ClNO5S2. The van der Waals surface area contributed by atoms with Crippen LogP contribution in [-0.4, -0.2) is 36.5 Å². The number of benzene rings is 2. The lowest BCUT2D eigenvalue weighted by Crippen LogP contribution is -2.27. The lowest BCUT2D eigenvalue weighted by Gasteiger charge is -2.14.